The molecule has 0 aliphatic carbocycles. The molecule has 0 aromatic carbocycles. The Kier molecular flexibility index (Phi) is 3.47. The molecule has 1 aromatic heterocycles. The van der Waals surface area contributed by atoms with E-state index in [0.717, 1.165) is 12.8 Å². The van der Waals surface area contributed by atoms with Gasteiger partial charge in [-0.2, -0.15) is 0 Å². The molecule has 1 atom stereocenters. The first-order chi connectivity index (χ1) is 8.09. The lowest BCUT2D eigenvalue weighted by atomic mass is 9.92. The third kappa shape index (κ3) is 2.49. The maximum Gasteiger partial charge on any atom is 0.259 e. The van der Waals surface area contributed by atoms with Crippen molar-refractivity contribution in [2.24, 2.45) is 5.92 Å². The highest BCUT2D eigenvalue weighted by Gasteiger charge is 2.27. The van der Waals surface area contributed by atoms with Gasteiger partial charge in [-0.3, -0.25) is 4.79 Å². The fraction of sp³-hybridized carbons (Fsp3) is 0.667. The molecule has 0 bridgehead atoms. The fourth-order valence-corrected chi connectivity index (χ4v) is 2.26. The topological polar surface area (TPSA) is 66.6 Å². The largest absolute Gasteiger partial charge is 0.393 e. The molecule has 1 saturated heterocycles. The van der Waals surface area contributed by atoms with Crippen molar-refractivity contribution in [1.82, 2.24) is 10.1 Å². The van der Waals surface area contributed by atoms with Crippen molar-refractivity contribution >= 4 is 5.91 Å². The summed E-state index contributed by atoms with van der Waals surface area (Å²) in [7, 11) is 0. The van der Waals surface area contributed by atoms with Crippen molar-refractivity contribution in [3.8, 4) is 0 Å². The fourth-order valence-electron chi connectivity index (χ4n) is 2.26. The number of carbonyl (C=O) groups is 1. The Hall–Kier alpha value is -1.36. The van der Waals surface area contributed by atoms with Crippen molar-refractivity contribution in [2.75, 3.05) is 13.1 Å². The third-order valence-corrected chi connectivity index (χ3v) is 3.49. The minimum absolute atomic E-state index is 0.0206. The number of carbonyl (C=O) groups excluding carboxylic acids is 1. The average molecular weight is 238 g/mol. The molecule has 0 saturated carbocycles. The molecule has 1 aliphatic heterocycles. The van der Waals surface area contributed by atoms with Gasteiger partial charge in [-0.15, -0.1) is 0 Å². The number of aliphatic hydroxyl groups excluding tert-OH is 1. The number of aromatic nitrogens is 1. The predicted octanol–water partition coefficient (Wildman–Crippen LogP) is 1.22. The Labute approximate surface area is 100 Å². The zero-order valence-electron chi connectivity index (χ0n) is 10.2. The number of amides is 1. The zero-order chi connectivity index (χ0) is 12.4. The van der Waals surface area contributed by atoms with Crippen LogP contribution < -0.4 is 0 Å². The van der Waals surface area contributed by atoms with E-state index in [9.17, 15) is 9.90 Å². The SMILES string of the molecule is Cc1oncc1C(=O)N1CCC(C(C)O)CC1. The molecule has 1 unspecified atom stereocenters. The number of hydrogen-bond donors (Lipinski definition) is 1. The van der Waals surface area contributed by atoms with Crippen molar-refractivity contribution in [3.63, 3.8) is 0 Å². The summed E-state index contributed by atoms with van der Waals surface area (Å²) in [5, 5.41) is 13.1. The molecule has 0 radical (unpaired) electrons. The second-order valence-electron chi connectivity index (χ2n) is 4.67. The van der Waals surface area contributed by atoms with E-state index in [1.54, 1.807) is 11.8 Å². The summed E-state index contributed by atoms with van der Waals surface area (Å²) in [6.07, 6.45) is 2.89. The van der Waals surface area contributed by atoms with Gasteiger partial charge in [0.15, 0.2) is 0 Å². The van der Waals surface area contributed by atoms with Crippen molar-refractivity contribution < 1.29 is 14.4 Å². The van der Waals surface area contributed by atoms with Crippen LogP contribution in [0.25, 0.3) is 0 Å². The summed E-state index contributed by atoms with van der Waals surface area (Å²) in [4.78, 5) is 13.9. The maximum atomic E-state index is 12.1. The van der Waals surface area contributed by atoms with Crippen LogP contribution in [-0.4, -0.2) is 40.3 Å². The molecule has 1 N–H and O–H groups in total. The van der Waals surface area contributed by atoms with Crippen molar-refractivity contribution in [3.05, 3.63) is 17.5 Å². The Morgan fingerprint density at radius 3 is 2.71 bits per heavy atom. The Balaban J connectivity index is 1.98. The summed E-state index contributed by atoms with van der Waals surface area (Å²) in [5.74, 6) is 0.850. The molecule has 1 fully saturated rings. The van der Waals surface area contributed by atoms with Crippen LogP contribution in [0.4, 0.5) is 0 Å². The number of piperidine rings is 1. The molecule has 2 rings (SSSR count). The zero-order valence-corrected chi connectivity index (χ0v) is 10.2. The molecule has 5 nitrogen and oxygen atoms in total. The summed E-state index contributed by atoms with van der Waals surface area (Å²) in [6, 6.07) is 0. The minimum Gasteiger partial charge on any atom is -0.393 e. The normalized spacial score (nSPS) is 19.4. The maximum absolute atomic E-state index is 12.1. The van der Waals surface area contributed by atoms with Crippen LogP contribution in [0, 0.1) is 12.8 Å². The van der Waals surface area contributed by atoms with Gasteiger partial charge in [0.05, 0.1) is 12.3 Å². The highest BCUT2D eigenvalue weighted by atomic mass is 16.5. The lowest BCUT2D eigenvalue weighted by Gasteiger charge is -2.33. The molecular formula is C12H18N2O3. The highest BCUT2D eigenvalue weighted by Crippen LogP contribution is 2.22. The summed E-state index contributed by atoms with van der Waals surface area (Å²) in [6.45, 7) is 4.94. The molecule has 94 valence electrons. The van der Waals surface area contributed by atoms with Gasteiger partial charge in [0, 0.05) is 13.1 Å². The number of aliphatic hydroxyl groups is 1. The number of rotatable bonds is 2. The van der Waals surface area contributed by atoms with E-state index < -0.39 is 0 Å². The first-order valence-corrected chi connectivity index (χ1v) is 5.98. The Morgan fingerprint density at radius 1 is 1.59 bits per heavy atom. The molecule has 0 spiro atoms. The second-order valence-corrected chi connectivity index (χ2v) is 4.67. The number of nitrogens with zero attached hydrogens (tertiary/aromatic N) is 2. The number of hydrogen-bond acceptors (Lipinski definition) is 4. The molecule has 1 aliphatic rings. The Morgan fingerprint density at radius 2 is 2.24 bits per heavy atom. The molecule has 1 amide bonds. The Bertz CT molecular complexity index is 392. The van der Waals surface area contributed by atoms with Gasteiger partial charge in [-0.05, 0) is 32.6 Å². The van der Waals surface area contributed by atoms with Gasteiger partial charge in [-0.1, -0.05) is 5.16 Å². The van der Waals surface area contributed by atoms with Gasteiger partial charge in [0.25, 0.3) is 5.91 Å². The molecular weight excluding hydrogens is 220 g/mol. The lowest BCUT2D eigenvalue weighted by Crippen LogP contribution is -2.40. The van der Waals surface area contributed by atoms with Crippen LogP contribution in [0.15, 0.2) is 10.7 Å². The van der Waals surface area contributed by atoms with Crippen LogP contribution in [-0.2, 0) is 0 Å². The van der Waals surface area contributed by atoms with Gasteiger partial charge < -0.3 is 14.5 Å². The van der Waals surface area contributed by atoms with Gasteiger partial charge in [0.2, 0.25) is 0 Å². The van der Waals surface area contributed by atoms with Crippen LogP contribution >= 0.6 is 0 Å². The van der Waals surface area contributed by atoms with Gasteiger partial charge >= 0.3 is 0 Å². The average Bonchev–Trinajstić information content (AvgIpc) is 2.74. The van der Waals surface area contributed by atoms with Gasteiger partial charge in [0.1, 0.15) is 11.3 Å². The predicted molar refractivity (Wildman–Crippen MR) is 61.5 cm³/mol. The van der Waals surface area contributed by atoms with E-state index in [4.69, 9.17) is 4.52 Å². The lowest BCUT2D eigenvalue weighted by molar-refractivity contribution is 0.0520. The molecule has 2 heterocycles. The number of likely N-dealkylation sites (tertiary alicyclic amines) is 1. The quantitative estimate of drug-likeness (QED) is 0.841. The van der Waals surface area contributed by atoms with Crippen molar-refractivity contribution in [2.45, 2.75) is 32.8 Å². The van der Waals surface area contributed by atoms with Gasteiger partial charge in [-0.25, -0.2) is 0 Å². The van der Waals surface area contributed by atoms with E-state index in [2.05, 4.69) is 5.16 Å². The van der Waals surface area contributed by atoms with E-state index in [0.29, 0.717) is 30.3 Å². The molecule has 17 heavy (non-hydrogen) atoms. The van der Waals surface area contributed by atoms with Crippen LogP contribution in [0.3, 0.4) is 0 Å². The second kappa shape index (κ2) is 4.87. The van der Waals surface area contributed by atoms with Crippen LogP contribution in [0.5, 0.6) is 0 Å². The molecule has 5 heteroatoms. The first-order valence-electron chi connectivity index (χ1n) is 5.98. The van der Waals surface area contributed by atoms with Crippen LogP contribution in [0.2, 0.25) is 0 Å². The van der Waals surface area contributed by atoms with E-state index in [1.807, 2.05) is 6.92 Å². The van der Waals surface area contributed by atoms with E-state index in [1.165, 1.54) is 6.20 Å². The van der Waals surface area contributed by atoms with Crippen molar-refractivity contribution in [1.29, 1.82) is 0 Å². The first kappa shape index (κ1) is 12.1. The smallest absolute Gasteiger partial charge is 0.259 e. The standard InChI is InChI=1S/C12H18N2O3/c1-8(15)10-3-5-14(6-4-10)12(16)11-7-13-17-9(11)2/h7-8,10,15H,3-6H2,1-2H3. The summed E-state index contributed by atoms with van der Waals surface area (Å²) < 4.78 is 4.90. The number of aryl methyl sites for hydroxylation is 1. The monoisotopic (exact) mass is 238 g/mol. The molecule has 1 aromatic rings. The highest BCUT2D eigenvalue weighted by molar-refractivity contribution is 5.94. The minimum atomic E-state index is -0.287. The van der Waals surface area contributed by atoms with E-state index >= 15 is 0 Å². The third-order valence-electron chi connectivity index (χ3n) is 3.49. The summed E-state index contributed by atoms with van der Waals surface area (Å²) in [5.41, 5.74) is 0.542. The summed E-state index contributed by atoms with van der Waals surface area (Å²) >= 11 is 0. The van der Waals surface area contributed by atoms with E-state index in [-0.39, 0.29) is 12.0 Å². The van der Waals surface area contributed by atoms with Crippen LogP contribution in [0.1, 0.15) is 35.9 Å².